The molecule has 0 amide bonds. The van der Waals surface area contributed by atoms with Crippen molar-refractivity contribution in [1.82, 2.24) is 14.6 Å². The van der Waals surface area contributed by atoms with E-state index in [1.165, 1.54) is 19.1 Å². The van der Waals surface area contributed by atoms with Gasteiger partial charge in [-0.2, -0.15) is 9.48 Å². The van der Waals surface area contributed by atoms with Crippen molar-refractivity contribution in [3.05, 3.63) is 63.2 Å². The van der Waals surface area contributed by atoms with Crippen molar-refractivity contribution in [2.75, 3.05) is 13.3 Å². The number of alkyl halides is 2. The van der Waals surface area contributed by atoms with Crippen LogP contribution in [0.25, 0.3) is 0 Å². The molecular weight excluding hydrogens is 555 g/mol. The van der Waals surface area contributed by atoms with E-state index in [9.17, 15) is 32.8 Å². The lowest BCUT2D eigenvalue weighted by atomic mass is 10.00. The normalized spacial score (nSPS) is 25.6. The summed E-state index contributed by atoms with van der Waals surface area (Å²) in [5.74, 6) is -2.04. The topological polar surface area (TPSA) is 158 Å². The summed E-state index contributed by atoms with van der Waals surface area (Å²) in [7, 11) is -4.39. The molecule has 3 rings (SSSR count). The average molecular weight is 582 g/mol. The van der Waals surface area contributed by atoms with Crippen molar-refractivity contribution >= 4 is 25.3 Å². The van der Waals surface area contributed by atoms with Gasteiger partial charge in [-0.1, -0.05) is 18.2 Å². The minimum atomic E-state index is -4.39. The van der Waals surface area contributed by atoms with Gasteiger partial charge in [0.1, 0.15) is 35.5 Å². The fourth-order valence-electron chi connectivity index (χ4n) is 3.52. The number of rotatable bonds is 11. The van der Waals surface area contributed by atoms with E-state index in [2.05, 4.69) is 5.09 Å². The number of nitrogens with zero attached hydrogens (tertiary/aromatic N) is 1. The molecule has 6 atom stereocenters. The number of aliphatic hydroxyl groups excluding tert-OH is 1. The van der Waals surface area contributed by atoms with E-state index < -0.39 is 79.5 Å². The molecule has 0 bridgehead atoms. The average Bonchev–Trinajstić information content (AvgIpc) is 3.10. The number of benzene rings is 1. The molecule has 12 nitrogen and oxygen atoms in total. The Balaban J connectivity index is 1.85. The van der Waals surface area contributed by atoms with Crippen LogP contribution in [0, 0.1) is 5.82 Å². The number of hydrogen-bond donors (Lipinski definition) is 3. The summed E-state index contributed by atoms with van der Waals surface area (Å²) in [6.45, 7) is 2.42. The van der Waals surface area contributed by atoms with E-state index in [0.29, 0.717) is 10.8 Å². The summed E-state index contributed by atoms with van der Waals surface area (Å²) in [5.41, 5.74) is -2.49. The monoisotopic (exact) mass is 581 g/mol. The number of carbonyl (C=O) groups is 1. The van der Waals surface area contributed by atoms with Gasteiger partial charge in [0.2, 0.25) is 5.82 Å². The number of esters is 1. The van der Waals surface area contributed by atoms with Crippen LogP contribution < -0.4 is 20.9 Å². The van der Waals surface area contributed by atoms with Crippen LogP contribution in [0.1, 0.15) is 27.0 Å². The first kappa shape index (κ1) is 29.9. The van der Waals surface area contributed by atoms with Gasteiger partial charge in [0, 0.05) is 0 Å². The second-order valence-electron chi connectivity index (χ2n) is 8.71. The first-order chi connectivity index (χ1) is 17.8. The van der Waals surface area contributed by atoms with Gasteiger partial charge in [0.15, 0.2) is 6.23 Å². The minimum absolute atomic E-state index is 0.101. The van der Waals surface area contributed by atoms with Crippen LogP contribution in [0.4, 0.5) is 8.78 Å². The van der Waals surface area contributed by atoms with Gasteiger partial charge in [-0.3, -0.25) is 23.7 Å². The van der Waals surface area contributed by atoms with E-state index in [1.54, 1.807) is 37.0 Å². The maximum absolute atomic E-state index is 14.0. The predicted molar refractivity (Wildman–Crippen MR) is 130 cm³/mol. The molecule has 1 aliphatic rings. The Morgan fingerprint density at radius 2 is 1.97 bits per heavy atom. The minimum Gasteiger partial charge on any atom is -0.462 e. The summed E-state index contributed by atoms with van der Waals surface area (Å²) in [6, 6.07) is 6.63. The number of carbonyl (C=O) groups excluding carboxylic acids is 1. The lowest BCUT2D eigenvalue weighted by Gasteiger charge is -2.27. The Kier molecular flexibility index (Phi) is 9.50. The van der Waals surface area contributed by atoms with Crippen LogP contribution in [-0.2, 0) is 23.4 Å². The summed E-state index contributed by atoms with van der Waals surface area (Å²) in [6.07, 6.45) is -5.17. The number of H-pyrrole nitrogens is 1. The maximum atomic E-state index is 14.0. The smallest absolute Gasteiger partial charge is 0.459 e. The first-order valence-corrected chi connectivity index (χ1v) is 13.3. The van der Waals surface area contributed by atoms with Crippen molar-refractivity contribution in [2.45, 2.75) is 56.2 Å². The summed E-state index contributed by atoms with van der Waals surface area (Å²) in [4.78, 5) is 35.3. The van der Waals surface area contributed by atoms with Crippen LogP contribution in [-0.4, -0.2) is 63.1 Å². The summed E-state index contributed by atoms with van der Waals surface area (Å²) < 4.78 is 63.5. The third kappa shape index (κ3) is 6.68. The van der Waals surface area contributed by atoms with E-state index >= 15 is 0 Å². The molecule has 1 unspecified atom stereocenters. The molecule has 1 fully saturated rings. The zero-order chi connectivity index (χ0) is 28.3. The highest BCUT2D eigenvalue weighted by Gasteiger charge is 2.57. The van der Waals surface area contributed by atoms with Gasteiger partial charge >= 0.3 is 19.4 Å². The van der Waals surface area contributed by atoms with E-state index in [1.807, 2.05) is 0 Å². The highest BCUT2D eigenvalue weighted by molar-refractivity contribution is 7.52. The number of nitrogens with one attached hydrogen (secondary N) is 2. The number of ether oxygens (including phenoxy) is 2. The Labute approximate surface area is 220 Å². The van der Waals surface area contributed by atoms with Gasteiger partial charge in [-0.25, -0.2) is 13.8 Å². The van der Waals surface area contributed by atoms with Crippen molar-refractivity contribution < 1.29 is 41.8 Å². The van der Waals surface area contributed by atoms with Crippen molar-refractivity contribution in [3.63, 3.8) is 0 Å². The van der Waals surface area contributed by atoms with Gasteiger partial charge in [-0.05, 0) is 32.9 Å². The SMILES string of the molecule is CC(C)OC(=O)[C@H](C)N[P@@](=O)(OC[C@H]1O[C@@H](n2cc(F)c(=O)[nH]c2=O)[C@@](Cl)(CF)C1O)Oc1ccccc1. The second-order valence-corrected chi connectivity index (χ2v) is 11.1. The number of aromatic nitrogens is 2. The van der Waals surface area contributed by atoms with E-state index in [4.69, 9.17) is 30.1 Å². The van der Waals surface area contributed by atoms with Gasteiger partial charge in [0.25, 0.3) is 5.56 Å². The molecule has 0 radical (unpaired) electrons. The highest BCUT2D eigenvalue weighted by Crippen LogP contribution is 2.48. The van der Waals surface area contributed by atoms with Gasteiger partial charge < -0.3 is 19.1 Å². The van der Waals surface area contributed by atoms with Crippen molar-refractivity contribution in [3.8, 4) is 5.75 Å². The third-order valence-corrected chi connectivity index (χ3v) is 7.53. The van der Waals surface area contributed by atoms with E-state index in [0.717, 1.165) is 0 Å². The van der Waals surface area contributed by atoms with Crippen LogP contribution in [0.15, 0.2) is 46.1 Å². The number of aromatic amines is 1. The highest BCUT2D eigenvalue weighted by atomic mass is 35.5. The molecule has 2 heterocycles. The molecule has 1 aliphatic heterocycles. The van der Waals surface area contributed by atoms with Crippen LogP contribution in [0.5, 0.6) is 5.75 Å². The Hall–Kier alpha value is -2.61. The maximum Gasteiger partial charge on any atom is 0.459 e. The van der Waals surface area contributed by atoms with Crippen LogP contribution >= 0.6 is 19.3 Å². The summed E-state index contributed by atoms with van der Waals surface area (Å²) >= 11 is 6.26. The first-order valence-electron chi connectivity index (χ1n) is 11.4. The number of para-hydroxylation sites is 1. The Morgan fingerprint density at radius 1 is 1.32 bits per heavy atom. The summed E-state index contributed by atoms with van der Waals surface area (Å²) in [5, 5.41) is 13.2. The number of aliphatic hydroxyl groups is 1. The molecule has 38 heavy (non-hydrogen) atoms. The molecule has 1 saturated heterocycles. The Morgan fingerprint density at radius 3 is 2.58 bits per heavy atom. The number of halogens is 3. The molecule has 3 N–H and O–H groups in total. The van der Waals surface area contributed by atoms with Gasteiger partial charge in [0.05, 0.1) is 18.9 Å². The number of hydrogen-bond acceptors (Lipinski definition) is 9. The largest absolute Gasteiger partial charge is 0.462 e. The zero-order valence-electron chi connectivity index (χ0n) is 20.5. The molecule has 210 valence electrons. The molecule has 0 spiro atoms. The molecule has 0 saturated carbocycles. The van der Waals surface area contributed by atoms with Crippen molar-refractivity contribution in [1.29, 1.82) is 0 Å². The molecular formula is C22H27ClF2N3O9P. The quantitative estimate of drug-likeness (QED) is 0.204. The van der Waals surface area contributed by atoms with Crippen LogP contribution in [0.2, 0.25) is 0 Å². The Bertz CT molecular complexity index is 1290. The molecule has 16 heteroatoms. The predicted octanol–water partition coefficient (Wildman–Crippen LogP) is 2.01. The zero-order valence-corrected chi connectivity index (χ0v) is 22.2. The fraction of sp³-hybridized carbons (Fsp3) is 0.500. The van der Waals surface area contributed by atoms with Crippen LogP contribution in [0.3, 0.4) is 0 Å². The molecule has 1 aromatic carbocycles. The molecule has 0 aliphatic carbocycles. The lowest BCUT2D eigenvalue weighted by Crippen LogP contribution is -2.47. The second kappa shape index (κ2) is 12.1. The van der Waals surface area contributed by atoms with Gasteiger partial charge in [-0.15, -0.1) is 11.6 Å². The lowest BCUT2D eigenvalue weighted by molar-refractivity contribution is -0.149. The van der Waals surface area contributed by atoms with Crippen molar-refractivity contribution in [2.24, 2.45) is 0 Å². The fourth-order valence-corrected chi connectivity index (χ4v) is 5.32. The third-order valence-electron chi connectivity index (χ3n) is 5.37. The molecule has 2 aromatic rings. The molecule has 1 aromatic heterocycles. The standard InChI is InChI=1S/C22H27ClF2N3O9P/c1-12(2)35-19(31)13(3)27-38(33,37-14-7-5-4-6-8-14)34-10-16-17(29)22(23,11-24)20(36-16)28-9-15(25)18(30)26-21(28)32/h4-9,12-13,16-17,20,29H,10-11H2,1-3H3,(H,27,33)(H,26,30,32)/t13-,16+,17?,20+,22+,38+/m0/s1. The van der Waals surface area contributed by atoms with E-state index in [-0.39, 0.29) is 5.75 Å².